The Kier molecular flexibility index (Phi) is 6.71. The van der Waals surface area contributed by atoms with Gasteiger partial charge in [0.25, 0.3) is 0 Å². The first kappa shape index (κ1) is 25.5. The van der Waals surface area contributed by atoms with Crippen LogP contribution in [0.4, 0.5) is 0 Å². The normalized spacial score (nSPS) is 19.0. The van der Waals surface area contributed by atoms with E-state index in [0.717, 1.165) is 27.5 Å². The van der Waals surface area contributed by atoms with Crippen molar-refractivity contribution in [1.82, 2.24) is 0 Å². The van der Waals surface area contributed by atoms with Crippen LogP contribution in [0.3, 0.4) is 0 Å². The first-order chi connectivity index (χ1) is 18.2. The highest BCUT2D eigenvalue weighted by Crippen LogP contribution is 2.51. The van der Waals surface area contributed by atoms with E-state index in [1.54, 1.807) is 26.4 Å². The second-order valence-electron chi connectivity index (χ2n) is 9.82. The molecule has 2 aromatic heterocycles. The van der Waals surface area contributed by atoms with Crippen molar-refractivity contribution < 1.29 is 23.0 Å². The van der Waals surface area contributed by atoms with Crippen molar-refractivity contribution in [2.75, 3.05) is 14.2 Å². The van der Waals surface area contributed by atoms with E-state index in [9.17, 15) is 9.59 Å². The Bertz CT molecular complexity index is 1700. The summed E-state index contributed by atoms with van der Waals surface area (Å²) in [6.07, 6.45) is -0.288. The van der Waals surface area contributed by atoms with Gasteiger partial charge in [-0.25, -0.2) is 9.59 Å². The summed E-state index contributed by atoms with van der Waals surface area (Å²) in [5.41, 5.74) is 4.13. The zero-order chi connectivity index (χ0) is 27.1. The molecule has 0 aliphatic carbocycles. The molecule has 196 valence electrons. The predicted octanol–water partition coefficient (Wildman–Crippen LogP) is 6.43. The summed E-state index contributed by atoms with van der Waals surface area (Å²) in [7, 11) is 3.17. The molecule has 7 nitrogen and oxygen atoms in total. The van der Waals surface area contributed by atoms with Crippen molar-refractivity contribution >= 4 is 27.5 Å². The highest BCUT2D eigenvalue weighted by molar-refractivity contribution is 5.94. The van der Waals surface area contributed by atoms with Gasteiger partial charge in [-0.05, 0) is 69.2 Å². The molecule has 0 saturated carbocycles. The lowest BCUT2D eigenvalue weighted by molar-refractivity contribution is 0.0642. The minimum atomic E-state index is -0.496. The molecule has 0 amide bonds. The second kappa shape index (κ2) is 9.99. The quantitative estimate of drug-likeness (QED) is 0.216. The molecule has 3 atom stereocenters. The van der Waals surface area contributed by atoms with Crippen LogP contribution in [0.5, 0.6) is 11.5 Å². The third-order valence-corrected chi connectivity index (χ3v) is 7.17. The zero-order valence-corrected chi connectivity index (χ0v) is 22.1. The predicted molar refractivity (Wildman–Crippen MR) is 147 cm³/mol. The Morgan fingerprint density at radius 2 is 1.37 bits per heavy atom. The molecule has 7 heteroatoms. The summed E-state index contributed by atoms with van der Waals surface area (Å²) in [6, 6.07) is 13.7. The molecule has 1 saturated heterocycles. The molecule has 1 aliphatic heterocycles. The molecule has 1 fully saturated rings. The maximum absolute atomic E-state index is 12.2. The first-order valence-electron chi connectivity index (χ1n) is 12.4. The SMILES string of the molecule is C=C(C)C1CC(C(=C(C)C)c2c(OC)ccc3ccc(=O)oc23)OC1c1c(OC)ccc2ccc(=O)oc12. The largest absolute Gasteiger partial charge is 0.496 e. The van der Waals surface area contributed by atoms with Gasteiger partial charge < -0.3 is 23.0 Å². The fourth-order valence-electron chi connectivity index (χ4n) is 5.45. The Hall–Kier alpha value is -4.10. The molecular formula is C31H30O7. The van der Waals surface area contributed by atoms with Crippen molar-refractivity contribution in [3.05, 3.63) is 98.2 Å². The van der Waals surface area contributed by atoms with E-state index in [1.165, 1.54) is 12.1 Å². The Morgan fingerprint density at radius 3 is 1.95 bits per heavy atom. The van der Waals surface area contributed by atoms with E-state index in [2.05, 4.69) is 6.58 Å². The highest BCUT2D eigenvalue weighted by atomic mass is 16.5. The molecule has 0 spiro atoms. The number of hydrogen-bond donors (Lipinski definition) is 0. The lowest BCUT2D eigenvalue weighted by Crippen LogP contribution is -2.13. The van der Waals surface area contributed by atoms with Gasteiger partial charge >= 0.3 is 11.3 Å². The average molecular weight is 515 g/mol. The summed E-state index contributed by atoms with van der Waals surface area (Å²) < 4.78 is 29.7. The van der Waals surface area contributed by atoms with Crippen LogP contribution in [0.1, 0.15) is 44.4 Å². The third kappa shape index (κ3) is 4.33. The lowest BCUT2D eigenvalue weighted by atomic mass is 9.85. The van der Waals surface area contributed by atoms with E-state index < -0.39 is 23.5 Å². The van der Waals surface area contributed by atoms with Crippen LogP contribution in [0.15, 0.2) is 84.7 Å². The zero-order valence-electron chi connectivity index (χ0n) is 22.1. The Balaban J connectivity index is 1.71. The molecule has 4 aromatic rings. The van der Waals surface area contributed by atoms with Crippen molar-refractivity contribution in [3.63, 3.8) is 0 Å². The Morgan fingerprint density at radius 1 is 0.816 bits per heavy atom. The lowest BCUT2D eigenvalue weighted by Gasteiger charge is -2.23. The molecule has 0 N–H and O–H groups in total. The fourth-order valence-corrected chi connectivity index (χ4v) is 5.45. The van der Waals surface area contributed by atoms with Gasteiger partial charge in [-0.1, -0.05) is 17.7 Å². The number of ether oxygens (including phenoxy) is 3. The molecule has 0 bridgehead atoms. The number of benzene rings is 2. The molecule has 0 radical (unpaired) electrons. The summed E-state index contributed by atoms with van der Waals surface area (Å²) in [5.74, 6) is 1.04. The van der Waals surface area contributed by atoms with E-state index in [4.69, 9.17) is 23.0 Å². The highest BCUT2D eigenvalue weighted by Gasteiger charge is 2.42. The molecule has 2 aromatic carbocycles. The molecule has 38 heavy (non-hydrogen) atoms. The summed E-state index contributed by atoms with van der Waals surface area (Å²) in [4.78, 5) is 24.4. The van der Waals surface area contributed by atoms with Crippen molar-refractivity contribution in [2.45, 2.75) is 39.4 Å². The first-order valence-corrected chi connectivity index (χ1v) is 12.4. The second-order valence-corrected chi connectivity index (χ2v) is 9.82. The van der Waals surface area contributed by atoms with Crippen LogP contribution in [0.2, 0.25) is 0 Å². The van der Waals surface area contributed by atoms with Gasteiger partial charge in [-0.3, -0.25) is 0 Å². The fraction of sp³-hybridized carbons (Fsp3) is 0.290. The van der Waals surface area contributed by atoms with Crippen LogP contribution < -0.4 is 20.7 Å². The molecule has 5 rings (SSSR count). The van der Waals surface area contributed by atoms with Crippen LogP contribution in [0, 0.1) is 5.92 Å². The van der Waals surface area contributed by atoms with Crippen molar-refractivity contribution in [3.8, 4) is 11.5 Å². The van der Waals surface area contributed by atoms with Crippen molar-refractivity contribution in [1.29, 1.82) is 0 Å². The molecule has 3 unspecified atom stereocenters. The maximum Gasteiger partial charge on any atom is 0.336 e. The Labute approximate surface area is 219 Å². The van der Waals surface area contributed by atoms with E-state index >= 15 is 0 Å². The number of rotatable bonds is 6. The van der Waals surface area contributed by atoms with Gasteiger partial charge in [0.15, 0.2) is 0 Å². The monoisotopic (exact) mass is 514 g/mol. The van der Waals surface area contributed by atoms with E-state index in [1.807, 2.05) is 45.0 Å². The number of fused-ring (bicyclic) bond motifs is 2. The van der Waals surface area contributed by atoms with Gasteiger partial charge in [0.05, 0.1) is 37.6 Å². The standard InChI is InChI=1S/C31H30O7/c1-16(2)20-15-23(36-31(20)28-22(35-6)12-8-19-10-14-25(33)38-30(19)28)26(17(3)4)27-21(34-5)11-7-18-9-13-24(32)37-29(18)27/h7-14,20,23,31H,1,15H2,2-6H3. The van der Waals surface area contributed by atoms with Crippen LogP contribution >= 0.6 is 0 Å². The van der Waals surface area contributed by atoms with E-state index in [-0.39, 0.29) is 5.92 Å². The summed E-state index contributed by atoms with van der Waals surface area (Å²) >= 11 is 0. The minimum absolute atomic E-state index is 0.104. The van der Waals surface area contributed by atoms with Crippen molar-refractivity contribution in [2.24, 2.45) is 5.92 Å². The number of allylic oxidation sites excluding steroid dienone is 1. The average Bonchev–Trinajstić information content (AvgIpc) is 3.32. The van der Waals surface area contributed by atoms with E-state index in [0.29, 0.717) is 40.2 Å². The van der Waals surface area contributed by atoms with Crippen LogP contribution in [0.25, 0.3) is 27.5 Å². The van der Waals surface area contributed by atoms with Gasteiger partial charge in [-0.2, -0.15) is 0 Å². The molecule has 3 heterocycles. The van der Waals surface area contributed by atoms with Gasteiger partial charge in [0.1, 0.15) is 22.7 Å². The molecule has 1 aliphatic rings. The van der Waals surface area contributed by atoms with Gasteiger partial charge in [-0.15, -0.1) is 0 Å². The number of methoxy groups -OCH3 is 2. The van der Waals surface area contributed by atoms with Gasteiger partial charge in [0, 0.05) is 28.8 Å². The topological polar surface area (TPSA) is 88.1 Å². The van der Waals surface area contributed by atoms with Gasteiger partial charge in [0.2, 0.25) is 0 Å². The minimum Gasteiger partial charge on any atom is -0.496 e. The summed E-state index contributed by atoms with van der Waals surface area (Å²) in [5, 5.41) is 1.55. The smallest absolute Gasteiger partial charge is 0.336 e. The molecular weight excluding hydrogens is 484 g/mol. The third-order valence-electron chi connectivity index (χ3n) is 7.17. The van der Waals surface area contributed by atoms with Crippen LogP contribution in [-0.2, 0) is 4.74 Å². The maximum atomic E-state index is 12.2. The van der Waals surface area contributed by atoms with Crippen LogP contribution in [-0.4, -0.2) is 20.3 Å². The number of hydrogen-bond acceptors (Lipinski definition) is 7. The summed E-state index contributed by atoms with van der Waals surface area (Å²) in [6.45, 7) is 10.2.